The Morgan fingerprint density at radius 3 is 2.31 bits per heavy atom. The smallest absolute Gasteiger partial charge is 0.128 e. The van der Waals surface area contributed by atoms with Crippen LogP contribution in [0.2, 0.25) is 0 Å². The summed E-state index contributed by atoms with van der Waals surface area (Å²) in [6, 6.07) is 23.5. The molecule has 5 aromatic rings. The Morgan fingerprint density at radius 1 is 0.786 bits per heavy atom. The van der Waals surface area contributed by atoms with Crippen molar-refractivity contribution in [3.05, 3.63) is 96.7 Å². The van der Waals surface area contributed by atoms with Gasteiger partial charge in [-0.05, 0) is 48.0 Å². The summed E-state index contributed by atoms with van der Waals surface area (Å²) in [5, 5.41) is 17.8. The maximum atomic E-state index is 9.82. The number of hydrogen-bond acceptors (Lipinski definition) is 8. The van der Waals surface area contributed by atoms with Gasteiger partial charge in [-0.3, -0.25) is 9.88 Å². The first-order chi connectivity index (χ1) is 20.7. The molecule has 4 aromatic heterocycles. The number of aromatic nitrogens is 4. The Bertz CT molecular complexity index is 1690. The molecule has 0 saturated carbocycles. The number of nitrogens with one attached hydrogen (secondary N) is 1. The third-order valence-electron chi connectivity index (χ3n) is 8.28. The SMILES string of the molecule is N#Cc1cnn2cc(-c3ccc(N4CCNCC4)cc3)cc(-c3ccc(N4CCN(Cc5ccccn5)CC4)nc3)c12. The highest BCUT2D eigenvalue weighted by Gasteiger charge is 2.20. The van der Waals surface area contributed by atoms with Crippen molar-refractivity contribution in [2.24, 2.45) is 0 Å². The predicted molar refractivity (Wildman–Crippen MR) is 165 cm³/mol. The molecule has 0 amide bonds. The number of pyridine rings is 3. The van der Waals surface area contributed by atoms with Crippen molar-refractivity contribution >= 4 is 17.0 Å². The third-order valence-corrected chi connectivity index (χ3v) is 8.28. The molecule has 2 fully saturated rings. The minimum absolute atomic E-state index is 0.554. The molecule has 0 atom stereocenters. The molecule has 210 valence electrons. The largest absolute Gasteiger partial charge is 0.369 e. The molecule has 1 N–H and O–H groups in total. The third kappa shape index (κ3) is 5.30. The first kappa shape index (κ1) is 26.1. The zero-order chi connectivity index (χ0) is 28.3. The lowest BCUT2D eigenvalue weighted by Gasteiger charge is -2.35. The Morgan fingerprint density at radius 2 is 1.60 bits per heavy atom. The van der Waals surface area contributed by atoms with Gasteiger partial charge in [0.25, 0.3) is 0 Å². The van der Waals surface area contributed by atoms with Crippen molar-refractivity contribution in [3.63, 3.8) is 0 Å². The lowest BCUT2D eigenvalue weighted by molar-refractivity contribution is 0.246. The molecule has 9 nitrogen and oxygen atoms in total. The molecule has 7 rings (SSSR count). The molecule has 0 unspecified atom stereocenters. The molecule has 0 spiro atoms. The number of nitriles is 1. The molecule has 2 saturated heterocycles. The van der Waals surface area contributed by atoms with E-state index >= 15 is 0 Å². The maximum Gasteiger partial charge on any atom is 0.128 e. The number of benzene rings is 1. The van der Waals surface area contributed by atoms with E-state index in [0.717, 1.165) is 98.2 Å². The Hall–Kier alpha value is -4.78. The summed E-state index contributed by atoms with van der Waals surface area (Å²) in [5.41, 5.74) is 7.78. The highest BCUT2D eigenvalue weighted by molar-refractivity contribution is 5.87. The van der Waals surface area contributed by atoms with Crippen LogP contribution in [0.3, 0.4) is 0 Å². The van der Waals surface area contributed by atoms with Crippen molar-refractivity contribution in [2.75, 3.05) is 62.2 Å². The lowest BCUT2D eigenvalue weighted by Crippen LogP contribution is -2.46. The summed E-state index contributed by atoms with van der Waals surface area (Å²) >= 11 is 0. The van der Waals surface area contributed by atoms with E-state index in [1.165, 1.54) is 5.69 Å². The number of anilines is 2. The average Bonchev–Trinajstić information content (AvgIpc) is 3.49. The second-order valence-electron chi connectivity index (χ2n) is 10.9. The van der Waals surface area contributed by atoms with Gasteiger partial charge >= 0.3 is 0 Å². The lowest BCUT2D eigenvalue weighted by atomic mass is 9.99. The zero-order valence-corrected chi connectivity index (χ0v) is 23.5. The van der Waals surface area contributed by atoms with Crippen molar-refractivity contribution in [1.82, 2.24) is 29.8 Å². The summed E-state index contributed by atoms with van der Waals surface area (Å²) < 4.78 is 1.82. The first-order valence-electron chi connectivity index (χ1n) is 14.6. The number of rotatable bonds is 6. The number of nitrogens with zero attached hydrogens (tertiary/aromatic N) is 8. The predicted octanol–water partition coefficient (Wildman–Crippen LogP) is 4.06. The van der Waals surface area contributed by atoms with Gasteiger partial charge in [-0.1, -0.05) is 18.2 Å². The second kappa shape index (κ2) is 11.6. The van der Waals surface area contributed by atoms with Crippen LogP contribution < -0.4 is 15.1 Å². The molecule has 42 heavy (non-hydrogen) atoms. The molecular formula is C33H33N9. The quantitative estimate of drug-likeness (QED) is 0.336. The molecule has 0 radical (unpaired) electrons. The fraction of sp³-hybridized carbons (Fsp3) is 0.273. The molecule has 0 aliphatic carbocycles. The molecule has 1 aromatic carbocycles. The van der Waals surface area contributed by atoms with Gasteiger partial charge < -0.3 is 15.1 Å². The molecule has 2 aliphatic heterocycles. The monoisotopic (exact) mass is 555 g/mol. The fourth-order valence-corrected chi connectivity index (χ4v) is 5.96. The standard InChI is InChI=1S/C33H33N9/c34-20-28-22-38-42-23-27(25-4-7-30(8-5-25)40-13-11-35-12-14-40)19-31(33(28)42)26-6-9-32(37-21-26)41-17-15-39(16-18-41)24-29-3-1-2-10-36-29/h1-10,19,21-23,35H,11-18,24H2. The van der Waals surface area contributed by atoms with Crippen LogP contribution in [0.5, 0.6) is 0 Å². The fourth-order valence-electron chi connectivity index (χ4n) is 5.96. The van der Waals surface area contributed by atoms with Gasteiger partial charge in [0.2, 0.25) is 0 Å². The van der Waals surface area contributed by atoms with Crippen LogP contribution in [0.25, 0.3) is 27.8 Å². The van der Waals surface area contributed by atoms with Crippen LogP contribution in [-0.2, 0) is 6.54 Å². The summed E-state index contributed by atoms with van der Waals surface area (Å²) in [7, 11) is 0. The molecule has 2 aliphatic rings. The first-order valence-corrected chi connectivity index (χ1v) is 14.6. The van der Waals surface area contributed by atoms with Gasteiger partial charge in [0.1, 0.15) is 11.9 Å². The summed E-state index contributed by atoms with van der Waals surface area (Å²) in [4.78, 5) is 16.5. The van der Waals surface area contributed by atoms with E-state index in [2.05, 4.69) is 84.7 Å². The molecule has 6 heterocycles. The van der Waals surface area contributed by atoms with Gasteiger partial charge in [-0.25, -0.2) is 9.50 Å². The van der Waals surface area contributed by atoms with Gasteiger partial charge in [0, 0.05) is 99.9 Å². The minimum Gasteiger partial charge on any atom is -0.369 e. The van der Waals surface area contributed by atoms with E-state index in [1.807, 2.05) is 35.2 Å². The van der Waals surface area contributed by atoms with E-state index in [4.69, 9.17) is 4.98 Å². The molecule has 0 bridgehead atoms. The van der Waals surface area contributed by atoms with Crippen LogP contribution >= 0.6 is 0 Å². The highest BCUT2D eigenvalue weighted by atomic mass is 15.3. The topological polar surface area (TPSA) is 88.6 Å². The Balaban J connectivity index is 1.13. The van der Waals surface area contributed by atoms with E-state index in [9.17, 15) is 5.26 Å². The van der Waals surface area contributed by atoms with Crippen LogP contribution in [0.4, 0.5) is 11.5 Å². The molecular weight excluding hydrogens is 522 g/mol. The number of hydrogen-bond donors (Lipinski definition) is 1. The van der Waals surface area contributed by atoms with Crippen molar-refractivity contribution in [1.29, 1.82) is 5.26 Å². The van der Waals surface area contributed by atoms with Crippen LogP contribution in [0.1, 0.15) is 11.3 Å². The van der Waals surface area contributed by atoms with E-state index < -0.39 is 0 Å². The van der Waals surface area contributed by atoms with E-state index in [1.54, 1.807) is 6.20 Å². The number of fused-ring (bicyclic) bond motifs is 1. The summed E-state index contributed by atoms with van der Waals surface area (Å²) in [5.74, 6) is 0.973. The van der Waals surface area contributed by atoms with Crippen LogP contribution in [-0.4, -0.2) is 76.8 Å². The summed E-state index contributed by atoms with van der Waals surface area (Å²) in [6.45, 7) is 8.71. The zero-order valence-electron chi connectivity index (χ0n) is 23.5. The highest BCUT2D eigenvalue weighted by Crippen LogP contribution is 2.33. The van der Waals surface area contributed by atoms with Crippen molar-refractivity contribution in [3.8, 4) is 28.3 Å². The summed E-state index contributed by atoms with van der Waals surface area (Å²) in [6.07, 6.45) is 7.43. The van der Waals surface area contributed by atoms with Gasteiger partial charge in [0.05, 0.1) is 23.0 Å². The molecule has 9 heteroatoms. The van der Waals surface area contributed by atoms with Gasteiger partial charge in [-0.2, -0.15) is 10.4 Å². The van der Waals surface area contributed by atoms with Gasteiger partial charge in [0.15, 0.2) is 0 Å². The second-order valence-corrected chi connectivity index (χ2v) is 10.9. The van der Waals surface area contributed by atoms with Crippen LogP contribution in [0.15, 0.2) is 85.5 Å². The number of piperazine rings is 2. The normalized spacial score (nSPS) is 16.1. The van der Waals surface area contributed by atoms with E-state index in [-0.39, 0.29) is 0 Å². The van der Waals surface area contributed by atoms with Gasteiger partial charge in [-0.15, -0.1) is 0 Å². The van der Waals surface area contributed by atoms with Crippen molar-refractivity contribution < 1.29 is 0 Å². The Labute approximate surface area is 245 Å². The average molecular weight is 556 g/mol. The minimum atomic E-state index is 0.554. The van der Waals surface area contributed by atoms with Crippen LogP contribution in [0, 0.1) is 11.3 Å². The Kier molecular flexibility index (Phi) is 7.22. The maximum absolute atomic E-state index is 9.82. The van der Waals surface area contributed by atoms with E-state index in [0.29, 0.717) is 5.56 Å². The van der Waals surface area contributed by atoms with Crippen molar-refractivity contribution in [2.45, 2.75) is 6.54 Å².